The van der Waals surface area contributed by atoms with Crippen molar-refractivity contribution in [2.75, 3.05) is 0 Å². The number of amidine groups is 1. The molecule has 128 valence electrons. The zero-order valence-electron chi connectivity index (χ0n) is 14.2. The first-order valence-electron chi connectivity index (χ1n) is 8.16. The molecule has 0 bridgehead atoms. The number of aliphatic imine (C=N–C) groups is 1. The first kappa shape index (κ1) is 18.3. The van der Waals surface area contributed by atoms with Crippen LogP contribution in [-0.2, 0) is 4.79 Å². The number of nitrogens with two attached hydrogens (primary N) is 1. The fraction of sp³-hybridized carbons (Fsp3) is 0.368. The third-order valence-corrected chi connectivity index (χ3v) is 4.72. The van der Waals surface area contributed by atoms with Crippen molar-refractivity contribution in [3.63, 3.8) is 0 Å². The van der Waals surface area contributed by atoms with Crippen molar-refractivity contribution < 1.29 is 4.79 Å². The minimum atomic E-state index is 0.00216. The second kappa shape index (κ2) is 8.15. The quantitative estimate of drug-likeness (QED) is 0.637. The zero-order valence-corrected chi connectivity index (χ0v) is 15.0. The Labute approximate surface area is 148 Å². The molecule has 0 aliphatic heterocycles. The van der Waals surface area contributed by atoms with Crippen molar-refractivity contribution in [2.24, 2.45) is 16.6 Å². The van der Waals surface area contributed by atoms with Gasteiger partial charge in [0, 0.05) is 11.5 Å². The standard InChI is InChI=1S/C19H24ClN3O/c1-4-18(23-19(24)14-7-5-6-8-14)22-11-17(21)15-9-12(2)13(3)10-16(15)20/h4,9-11,14H,1,5-8,21H2,2-3H3,(H,22,23,24)/b17-11-. The number of carbonyl (C=O) groups is 1. The predicted molar refractivity (Wildman–Crippen MR) is 101 cm³/mol. The third kappa shape index (κ3) is 4.48. The van der Waals surface area contributed by atoms with Gasteiger partial charge in [-0.1, -0.05) is 31.0 Å². The number of aryl methyl sites for hydroxylation is 2. The van der Waals surface area contributed by atoms with Crippen molar-refractivity contribution in [1.82, 2.24) is 5.32 Å². The van der Waals surface area contributed by atoms with Crippen LogP contribution in [0.5, 0.6) is 0 Å². The topological polar surface area (TPSA) is 67.5 Å². The van der Waals surface area contributed by atoms with Crippen molar-refractivity contribution in [3.05, 3.63) is 52.7 Å². The molecule has 1 saturated carbocycles. The van der Waals surface area contributed by atoms with Crippen LogP contribution in [-0.4, -0.2) is 11.7 Å². The van der Waals surface area contributed by atoms with E-state index in [0.717, 1.165) is 42.4 Å². The fourth-order valence-electron chi connectivity index (χ4n) is 2.76. The maximum absolute atomic E-state index is 12.2. The summed E-state index contributed by atoms with van der Waals surface area (Å²) >= 11 is 6.26. The smallest absolute Gasteiger partial charge is 0.228 e. The van der Waals surface area contributed by atoms with E-state index in [4.69, 9.17) is 17.3 Å². The molecule has 0 saturated heterocycles. The number of hydrogen-bond acceptors (Lipinski definition) is 3. The number of amides is 1. The number of hydrogen-bond donors (Lipinski definition) is 2. The van der Waals surface area contributed by atoms with Gasteiger partial charge in [-0.25, -0.2) is 4.99 Å². The van der Waals surface area contributed by atoms with E-state index < -0.39 is 0 Å². The van der Waals surface area contributed by atoms with Gasteiger partial charge in [-0.2, -0.15) is 0 Å². The van der Waals surface area contributed by atoms with Gasteiger partial charge in [-0.3, -0.25) is 4.79 Å². The number of benzene rings is 1. The Morgan fingerprint density at radius 1 is 1.33 bits per heavy atom. The van der Waals surface area contributed by atoms with Gasteiger partial charge < -0.3 is 11.1 Å². The maximum Gasteiger partial charge on any atom is 0.228 e. The minimum absolute atomic E-state index is 0.00216. The Kier molecular flexibility index (Phi) is 6.21. The van der Waals surface area contributed by atoms with Crippen LogP contribution in [0.15, 0.2) is 36.0 Å². The van der Waals surface area contributed by atoms with Crippen molar-refractivity contribution >= 4 is 29.0 Å². The largest absolute Gasteiger partial charge is 0.397 e. The molecule has 0 aromatic heterocycles. The molecule has 0 unspecified atom stereocenters. The summed E-state index contributed by atoms with van der Waals surface area (Å²) in [5.41, 5.74) is 9.48. The summed E-state index contributed by atoms with van der Waals surface area (Å²) in [5, 5.41) is 3.39. The van der Waals surface area contributed by atoms with Gasteiger partial charge in [0.2, 0.25) is 5.91 Å². The summed E-state index contributed by atoms with van der Waals surface area (Å²) in [6.45, 7) is 7.69. The molecular weight excluding hydrogens is 322 g/mol. The van der Waals surface area contributed by atoms with E-state index in [1.807, 2.05) is 26.0 Å². The second-order valence-corrected chi connectivity index (χ2v) is 6.60. The molecule has 0 spiro atoms. The predicted octanol–water partition coefficient (Wildman–Crippen LogP) is 4.10. The molecule has 1 amide bonds. The molecule has 24 heavy (non-hydrogen) atoms. The Bertz CT molecular complexity index is 701. The fourth-order valence-corrected chi connectivity index (χ4v) is 3.09. The molecule has 4 nitrogen and oxygen atoms in total. The highest BCUT2D eigenvalue weighted by Crippen LogP contribution is 2.25. The summed E-state index contributed by atoms with van der Waals surface area (Å²) in [6, 6.07) is 3.82. The lowest BCUT2D eigenvalue weighted by Gasteiger charge is -2.10. The van der Waals surface area contributed by atoms with Crippen LogP contribution in [0.3, 0.4) is 0 Å². The SMILES string of the molecule is C=C/C(=N\C=C(/N)c1cc(C)c(C)cc1Cl)NC(=O)C1CCCC1. The lowest BCUT2D eigenvalue weighted by molar-refractivity contribution is -0.123. The third-order valence-electron chi connectivity index (χ3n) is 4.41. The normalized spacial score (nSPS) is 16.3. The first-order chi connectivity index (χ1) is 11.4. The van der Waals surface area contributed by atoms with Gasteiger partial charge in [0.25, 0.3) is 0 Å². The Morgan fingerprint density at radius 2 is 1.96 bits per heavy atom. The van der Waals surface area contributed by atoms with Gasteiger partial charge in [0.15, 0.2) is 0 Å². The highest BCUT2D eigenvalue weighted by Gasteiger charge is 2.22. The lowest BCUT2D eigenvalue weighted by atomic mass is 10.0. The molecule has 1 aliphatic rings. The van der Waals surface area contributed by atoms with E-state index >= 15 is 0 Å². The average molecular weight is 346 g/mol. The number of rotatable bonds is 4. The van der Waals surface area contributed by atoms with Crippen LogP contribution in [0.25, 0.3) is 5.70 Å². The molecule has 1 aliphatic carbocycles. The van der Waals surface area contributed by atoms with Crippen molar-refractivity contribution in [3.8, 4) is 0 Å². The van der Waals surface area contributed by atoms with Crippen LogP contribution in [0.1, 0.15) is 42.4 Å². The molecule has 3 N–H and O–H groups in total. The highest BCUT2D eigenvalue weighted by atomic mass is 35.5. The van der Waals surface area contributed by atoms with Gasteiger partial charge in [-0.05, 0) is 56.0 Å². The van der Waals surface area contributed by atoms with Crippen molar-refractivity contribution in [2.45, 2.75) is 39.5 Å². The molecule has 2 rings (SSSR count). The summed E-state index contributed by atoms with van der Waals surface area (Å²) < 4.78 is 0. The maximum atomic E-state index is 12.2. The molecule has 1 aromatic carbocycles. The van der Waals surface area contributed by atoms with Crippen LogP contribution in [0.4, 0.5) is 0 Å². The number of nitrogens with one attached hydrogen (secondary N) is 1. The lowest BCUT2D eigenvalue weighted by Crippen LogP contribution is -2.33. The van der Waals surface area contributed by atoms with E-state index in [0.29, 0.717) is 16.6 Å². The van der Waals surface area contributed by atoms with E-state index in [1.54, 1.807) is 0 Å². The van der Waals surface area contributed by atoms with Gasteiger partial charge in [0.05, 0.1) is 16.9 Å². The van der Waals surface area contributed by atoms with Crippen LogP contribution in [0.2, 0.25) is 5.02 Å². The Morgan fingerprint density at radius 3 is 2.58 bits per heavy atom. The molecule has 1 fully saturated rings. The molecular formula is C19H24ClN3O. The van der Waals surface area contributed by atoms with Gasteiger partial charge >= 0.3 is 0 Å². The van der Waals surface area contributed by atoms with Crippen LogP contribution < -0.4 is 11.1 Å². The second-order valence-electron chi connectivity index (χ2n) is 6.19. The number of carbonyl (C=O) groups excluding carboxylic acids is 1. The van der Waals surface area contributed by atoms with Gasteiger partial charge in [-0.15, -0.1) is 0 Å². The number of halogens is 1. The van der Waals surface area contributed by atoms with E-state index in [1.165, 1.54) is 12.3 Å². The molecule has 5 heteroatoms. The monoisotopic (exact) mass is 345 g/mol. The van der Waals surface area contributed by atoms with E-state index in [9.17, 15) is 4.79 Å². The summed E-state index contributed by atoms with van der Waals surface area (Å²) in [6.07, 6.45) is 7.10. The zero-order chi connectivity index (χ0) is 17.7. The van der Waals surface area contributed by atoms with E-state index in [-0.39, 0.29) is 11.8 Å². The minimum Gasteiger partial charge on any atom is -0.397 e. The summed E-state index contributed by atoms with van der Waals surface area (Å²) in [5.74, 6) is 0.475. The van der Waals surface area contributed by atoms with Crippen LogP contribution >= 0.6 is 11.6 Å². The molecule has 0 atom stereocenters. The average Bonchev–Trinajstić information content (AvgIpc) is 3.09. The molecule has 0 heterocycles. The van der Waals surface area contributed by atoms with Gasteiger partial charge in [0.1, 0.15) is 5.84 Å². The first-order valence-corrected chi connectivity index (χ1v) is 8.54. The summed E-state index contributed by atoms with van der Waals surface area (Å²) in [4.78, 5) is 16.4. The molecule has 0 radical (unpaired) electrons. The Hall–Kier alpha value is -2.07. The van der Waals surface area contributed by atoms with Crippen LogP contribution in [0, 0.1) is 19.8 Å². The molecule has 1 aromatic rings. The summed E-state index contributed by atoms with van der Waals surface area (Å²) in [7, 11) is 0. The number of nitrogens with zero attached hydrogens (tertiary/aromatic N) is 1. The highest BCUT2D eigenvalue weighted by molar-refractivity contribution is 6.32. The Balaban J connectivity index is 2.15. The van der Waals surface area contributed by atoms with Crippen molar-refractivity contribution in [1.29, 1.82) is 0 Å². The van der Waals surface area contributed by atoms with E-state index in [2.05, 4.69) is 16.9 Å².